The van der Waals surface area contributed by atoms with Gasteiger partial charge < -0.3 is 5.32 Å². The van der Waals surface area contributed by atoms with Gasteiger partial charge in [0.2, 0.25) is 0 Å². The zero-order valence-electron chi connectivity index (χ0n) is 10.9. The number of hydrogen-bond acceptors (Lipinski definition) is 3. The number of halogens is 3. The molecule has 8 heteroatoms. The van der Waals surface area contributed by atoms with Gasteiger partial charge in [-0.2, -0.15) is 18.4 Å². The Bertz CT molecular complexity index is 819. The van der Waals surface area contributed by atoms with Gasteiger partial charge in [0.15, 0.2) is 0 Å². The van der Waals surface area contributed by atoms with E-state index in [9.17, 15) is 22.8 Å². The van der Waals surface area contributed by atoms with Crippen LogP contribution in [0.4, 0.5) is 18.9 Å². The van der Waals surface area contributed by atoms with Crippen molar-refractivity contribution in [2.24, 2.45) is 0 Å². The summed E-state index contributed by atoms with van der Waals surface area (Å²) in [6.45, 7) is 0. The van der Waals surface area contributed by atoms with Crippen LogP contribution in [-0.2, 0) is 4.79 Å². The van der Waals surface area contributed by atoms with Gasteiger partial charge in [0.25, 0.3) is 5.56 Å². The molecule has 0 fully saturated rings. The number of amides is 1. The van der Waals surface area contributed by atoms with Crippen molar-refractivity contribution in [1.82, 2.24) is 4.57 Å². The normalized spacial score (nSPS) is 10.8. The third kappa shape index (κ3) is 3.15. The SMILES string of the molecule is N#Cc1cc(-n2ccccc2=O)ccc1NC(=O)C(F)(F)F. The van der Waals surface area contributed by atoms with Gasteiger partial charge in [0.05, 0.1) is 16.9 Å². The first kappa shape index (κ1) is 15.3. The van der Waals surface area contributed by atoms with E-state index in [1.54, 1.807) is 17.5 Å². The second-order valence-electron chi connectivity index (χ2n) is 4.20. The molecule has 0 aliphatic rings. The Balaban J connectivity index is 2.42. The molecule has 5 nitrogen and oxygen atoms in total. The number of hydrogen-bond donors (Lipinski definition) is 1. The summed E-state index contributed by atoms with van der Waals surface area (Å²) in [5.41, 5.74) is -0.533. The van der Waals surface area contributed by atoms with Crippen LogP contribution in [0.3, 0.4) is 0 Å². The van der Waals surface area contributed by atoms with Gasteiger partial charge >= 0.3 is 12.1 Å². The summed E-state index contributed by atoms with van der Waals surface area (Å²) >= 11 is 0. The number of nitrogens with zero attached hydrogens (tertiary/aromatic N) is 2. The van der Waals surface area contributed by atoms with Crippen molar-refractivity contribution in [3.63, 3.8) is 0 Å². The number of benzene rings is 1. The van der Waals surface area contributed by atoms with Crippen molar-refractivity contribution < 1.29 is 18.0 Å². The van der Waals surface area contributed by atoms with Crippen LogP contribution in [0.1, 0.15) is 5.56 Å². The molecule has 2 aromatic rings. The van der Waals surface area contributed by atoms with Crippen molar-refractivity contribution in [2.45, 2.75) is 6.18 Å². The van der Waals surface area contributed by atoms with E-state index in [1.807, 2.05) is 0 Å². The average molecular weight is 307 g/mol. The van der Waals surface area contributed by atoms with Gasteiger partial charge in [0, 0.05) is 12.3 Å². The Morgan fingerprint density at radius 2 is 1.95 bits per heavy atom. The van der Waals surface area contributed by atoms with E-state index in [0.29, 0.717) is 5.69 Å². The Hall–Kier alpha value is -3.08. The number of aromatic nitrogens is 1. The lowest BCUT2D eigenvalue weighted by molar-refractivity contribution is -0.167. The third-order valence-corrected chi connectivity index (χ3v) is 2.73. The molecule has 0 saturated carbocycles. The van der Waals surface area contributed by atoms with Crippen molar-refractivity contribution in [2.75, 3.05) is 5.32 Å². The van der Waals surface area contributed by atoms with Crippen LogP contribution in [0, 0.1) is 11.3 Å². The minimum absolute atomic E-state index is 0.189. The second kappa shape index (κ2) is 5.73. The summed E-state index contributed by atoms with van der Waals surface area (Å²) in [5, 5.41) is 10.6. The van der Waals surface area contributed by atoms with E-state index in [0.717, 1.165) is 6.07 Å². The maximum atomic E-state index is 12.2. The number of carbonyl (C=O) groups is 1. The summed E-state index contributed by atoms with van der Waals surface area (Å²) in [5.74, 6) is -2.17. The standard InChI is InChI=1S/C14H8F3N3O2/c15-14(16,17)13(22)19-11-5-4-10(7-9(11)8-18)20-6-2-1-3-12(20)21/h1-7H,(H,19,22). The van der Waals surface area contributed by atoms with E-state index in [-0.39, 0.29) is 16.8 Å². The molecule has 0 radical (unpaired) electrons. The molecule has 112 valence electrons. The minimum atomic E-state index is -5.05. The molecular formula is C14H8F3N3O2. The highest BCUT2D eigenvalue weighted by atomic mass is 19.4. The second-order valence-corrected chi connectivity index (χ2v) is 4.20. The molecule has 0 aliphatic heterocycles. The molecule has 0 unspecified atom stereocenters. The molecule has 1 aromatic heterocycles. The van der Waals surface area contributed by atoms with Crippen molar-refractivity contribution in [1.29, 1.82) is 5.26 Å². The minimum Gasteiger partial charge on any atom is -0.317 e. The van der Waals surface area contributed by atoms with E-state index in [1.165, 1.54) is 35.0 Å². The van der Waals surface area contributed by atoms with E-state index in [2.05, 4.69) is 0 Å². The lowest BCUT2D eigenvalue weighted by Crippen LogP contribution is -2.30. The van der Waals surface area contributed by atoms with Crippen LogP contribution in [0.2, 0.25) is 0 Å². The van der Waals surface area contributed by atoms with E-state index < -0.39 is 12.1 Å². The molecule has 1 heterocycles. The summed E-state index contributed by atoms with van der Waals surface area (Å²) in [4.78, 5) is 22.6. The van der Waals surface area contributed by atoms with Gasteiger partial charge in [-0.25, -0.2) is 0 Å². The zero-order valence-corrected chi connectivity index (χ0v) is 10.9. The topological polar surface area (TPSA) is 74.9 Å². The summed E-state index contributed by atoms with van der Waals surface area (Å²) in [7, 11) is 0. The Morgan fingerprint density at radius 3 is 2.55 bits per heavy atom. The van der Waals surface area contributed by atoms with Crippen LogP contribution in [0.15, 0.2) is 47.4 Å². The molecule has 0 aliphatic carbocycles. The summed E-state index contributed by atoms with van der Waals surface area (Å²) in [6, 6.07) is 9.78. The lowest BCUT2D eigenvalue weighted by atomic mass is 10.1. The molecule has 22 heavy (non-hydrogen) atoms. The largest absolute Gasteiger partial charge is 0.471 e. The lowest BCUT2D eigenvalue weighted by Gasteiger charge is -2.11. The van der Waals surface area contributed by atoms with Crippen LogP contribution in [0.25, 0.3) is 5.69 Å². The van der Waals surface area contributed by atoms with Crippen LogP contribution in [-0.4, -0.2) is 16.7 Å². The number of anilines is 1. The number of rotatable bonds is 2. The molecule has 1 aromatic carbocycles. The van der Waals surface area contributed by atoms with Gasteiger partial charge in [-0.05, 0) is 24.3 Å². The zero-order chi connectivity index (χ0) is 16.3. The predicted molar refractivity (Wildman–Crippen MR) is 71.4 cm³/mol. The van der Waals surface area contributed by atoms with Crippen LogP contribution >= 0.6 is 0 Å². The Labute approximate surface area is 122 Å². The molecule has 0 bridgehead atoms. The Kier molecular flexibility index (Phi) is 3.99. The quantitative estimate of drug-likeness (QED) is 0.924. The fourth-order valence-electron chi connectivity index (χ4n) is 1.72. The van der Waals surface area contributed by atoms with E-state index in [4.69, 9.17) is 5.26 Å². The van der Waals surface area contributed by atoms with Crippen LogP contribution < -0.4 is 10.9 Å². The Morgan fingerprint density at radius 1 is 1.23 bits per heavy atom. The molecule has 1 amide bonds. The van der Waals surface area contributed by atoms with Gasteiger partial charge in [0.1, 0.15) is 6.07 Å². The van der Waals surface area contributed by atoms with Gasteiger partial charge in [-0.1, -0.05) is 6.07 Å². The van der Waals surface area contributed by atoms with Crippen molar-refractivity contribution in [3.05, 3.63) is 58.5 Å². The fraction of sp³-hybridized carbons (Fsp3) is 0.0714. The molecule has 0 atom stereocenters. The molecule has 0 spiro atoms. The number of nitrogens with one attached hydrogen (secondary N) is 1. The first-order valence-corrected chi connectivity index (χ1v) is 5.93. The van der Waals surface area contributed by atoms with Gasteiger partial charge in [-0.3, -0.25) is 14.2 Å². The maximum Gasteiger partial charge on any atom is 0.471 e. The van der Waals surface area contributed by atoms with Gasteiger partial charge in [-0.15, -0.1) is 0 Å². The third-order valence-electron chi connectivity index (χ3n) is 2.73. The highest BCUT2D eigenvalue weighted by Crippen LogP contribution is 2.22. The highest BCUT2D eigenvalue weighted by molar-refractivity contribution is 5.96. The van der Waals surface area contributed by atoms with E-state index >= 15 is 0 Å². The number of alkyl halides is 3. The molecular weight excluding hydrogens is 299 g/mol. The highest BCUT2D eigenvalue weighted by Gasteiger charge is 2.39. The predicted octanol–water partition coefficient (Wildman–Crippen LogP) is 2.21. The average Bonchev–Trinajstić information content (AvgIpc) is 2.47. The smallest absolute Gasteiger partial charge is 0.317 e. The maximum absolute atomic E-state index is 12.2. The molecule has 0 saturated heterocycles. The first-order chi connectivity index (χ1) is 10.3. The number of nitriles is 1. The molecule has 1 N–H and O–H groups in total. The summed E-state index contributed by atoms with van der Waals surface area (Å²) < 4.78 is 37.9. The first-order valence-electron chi connectivity index (χ1n) is 5.93. The van der Waals surface area contributed by atoms with Crippen molar-refractivity contribution >= 4 is 11.6 Å². The molecule has 2 rings (SSSR count). The number of pyridine rings is 1. The van der Waals surface area contributed by atoms with Crippen molar-refractivity contribution in [3.8, 4) is 11.8 Å². The fourth-order valence-corrected chi connectivity index (χ4v) is 1.72. The monoisotopic (exact) mass is 307 g/mol. The summed E-state index contributed by atoms with van der Waals surface area (Å²) in [6.07, 6.45) is -3.60. The number of carbonyl (C=O) groups excluding carboxylic acids is 1. The van der Waals surface area contributed by atoms with Crippen LogP contribution in [0.5, 0.6) is 0 Å².